The van der Waals surface area contributed by atoms with Crippen LogP contribution in [-0.4, -0.2) is 52.1 Å². The molecule has 0 fully saturated rings. The Hall–Kier alpha value is -16.3. The van der Waals surface area contributed by atoms with E-state index in [4.69, 9.17) is 37.9 Å². The summed E-state index contributed by atoms with van der Waals surface area (Å²) in [5, 5.41) is 17.5. The van der Waals surface area contributed by atoms with Crippen LogP contribution in [0.25, 0.3) is 177 Å². The third kappa shape index (κ3) is 11.6. The lowest BCUT2D eigenvalue weighted by Gasteiger charge is -2.33. The molecular weight excluding hydrogens is 1660 g/mol. The van der Waals surface area contributed by atoms with E-state index < -0.39 is 23.6 Å². The van der Waals surface area contributed by atoms with Gasteiger partial charge in [0.25, 0.3) is 23.6 Å². The average Bonchev–Trinajstić information content (AvgIpc) is 1.30. The molecule has 648 valence electrons. The first kappa shape index (κ1) is 79.8. The van der Waals surface area contributed by atoms with Gasteiger partial charge in [-0.25, -0.2) is 9.80 Å². The fourth-order valence-electron chi connectivity index (χ4n) is 22.3. The summed E-state index contributed by atoms with van der Waals surface area (Å²) in [7, 11) is 6.54. The van der Waals surface area contributed by atoms with Crippen LogP contribution < -0.4 is 47.7 Å². The first-order valence-corrected chi connectivity index (χ1v) is 45.7. The quantitative estimate of drug-likeness (QED) is 0.0457. The van der Waals surface area contributed by atoms with E-state index in [0.29, 0.717) is 124 Å². The van der Waals surface area contributed by atoms with Crippen molar-refractivity contribution in [3.05, 3.63) is 322 Å². The van der Waals surface area contributed by atoms with Gasteiger partial charge in [0.15, 0.2) is 0 Å². The zero-order valence-corrected chi connectivity index (χ0v) is 75.7. The van der Waals surface area contributed by atoms with E-state index in [9.17, 15) is 0 Å². The molecule has 2 aliphatic heterocycles. The van der Waals surface area contributed by atoms with E-state index in [2.05, 4.69) is 177 Å². The zero-order valence-electron chi connectivity index (χ0n) is 75.7. The Kier molecular flexibility index (Phi) is 17.6. The molecule has 14 heteroatoms. The van der Waals surface area contributed by atoms with Crippen molar-refractivity contribution < 1.29 is 57.1 Å². The van der Waals surface area contributed by atoms with Crippen molar-refractivity contribution in [2.75, 3.05) is 38.2 Å². The number of hydrogen-bond acceptors (Lipinski definition) is 12. The van der Waals surface area contributed by atoms with Crippen LogP contribution in [0.4, 0.5) is 11.4 Å². The Labute approximate surface area is 771 Å². The highest BCUT2D eigenvalue weighted by atomic mass is 16.5. The van der Waals surface area contributed by atoms with Crippen LogP contribution in [0.1, 0.15) is 165 Å². The summed E-state index contributed by atoms with van der Waals surface area (Å²) in [6, 6.07) is 85.7. The maximum atomic E-state index is 16.1. The van der Waals surface area contributed by atoms with Gasteiger partial charge >= 0.3 is 0 Å². The molecule has 134 heavy (non-hydrogen) atoms. The SMILES string of the molecule is COc1ccc(Oc2cc3c4c(cc(Oc5ccc(OC)cc5)c5c6ccc7c8c(ccc(c2c45)c86)-c2cc4cc5c(cc4cc2-7)/C=C\c2cc4cc6c(cc4cc2/C=C\5)-c2ccc4c5c(Oc7ccc(OC)cc7)cc7c8c(cc(Oc9ccc(OC)cc9)c(c9ccc-6c2c49)c85)C(=O)N(c2c(C(C)C)cccc2C(C)C)C7=O)C(=O)N(c2c(C(C)C)cccc2C(C)C)C3=O)cc1. The summed E-state index contributed by atoms with van der Waals surface area (Å²) in [5.41, 5.74) is 19.2. The average molecular weight is 1750 g/mol. The molecule has 0 aromatic heterocycles. The molecule has 0 radical (unpaired) electrons. The third-order valence-corrected chi connectivity index (χ3v) is 28.5. The molecule has 0 atom stereocenters. The zero-order chi connectivity index (χ0) is 91.1. The molecule has 5 aliphatic rings. The Morgan fingerprint density at radius 1 is 0.209 bits per heavy atom. The van der Waals surface area contributed by atoms with E-state index in [1.54, 1.807) is 28.4 Å². The van der Waals surface area contributed by atoms with Crippen LogP contribution in [0.3, 0.4) is 0 Å². The van der Waals surface area contributed by atoms with E-state index in [1.807, 2.05) is 158 Å². The Morgan fingerprint density at radius 2 is 0.425 bits per heavy atom. The van der Waals surface area contributed by atoms with Crippen molar-refractivity contribution in [3.8, 4) is 114 Å². The van der Waals surface area contributed by atoms with Gasteiger partial charge in [-0.05, 0) is 347 Å². The van der Waals surface area contributed by atoms with Gasteiger partial charge < -0.3 is 37.9 Å². The summed E-state index contributed by atoms with van der Waals surface area (Å²) in [4.78, 5) is 67.1. The number of amides is 4. The number of carbonyl (C=O) groups excluding carboxylic acids is 4. The maximum Gasteiger partial charge on any atom is 0.266 e. The van der Waals surface area contributed by atoms with Crippen molar-refractivity contribution in [2.45, 2.75) is 79.1 Å². The Bertz CT molecular complexity index is 7760. The van der Waals surface area contributed by atoms with Crippen LogP contribution in [-0.2, 0) is 0 Å². The molecule has 0 unspecified atom stereocenters. The number of methoxy groups -OCH3 is 4. The molecule has 20 aromatic carbocycles. The van der Waals surface area contributed by atoms with Gasteiger partial charge in [0.1, 0.15) is 69.0 Å². The summed E-state index contributed by atoms with van der Waals surface area (Å²) in [6.45, 7) is 16.7. The van der Waals surface area contributed by atoms with Gasteiger partial charge in [-0.2, -0.15) is 0 Å². The molecular formula is C120H86N2O12. The van der Waals surface area contributed by atoms with Crippen LogP contribution in [0, 0.1) is 0 Å². The standard InChI is InChI=1S/C120H86N2O12/c1-59(2)79-15-13-16-80(60(3)4)115(79)121-117(123)95-55-99(131-75-31-23-71(127-9)24-32-75)109-87-43-39-83-91-51-67-47-63-19-21-65-49-69-53-93-85-41-45-89-106-90(112-102(134-78-37-29-74(130-12)30-38-78)58-98-108-97(57-101(111(89)114(108)112)133-77-35-27-73(129-11)28-36-77)119(125)122(120(98)126)116-81(61(5)6)17-14-18-82(116)62(7)8)46-42-86(104(85)106)94(93)54-70(69)50-66(65)22-20-64(63)48-68(67)52-92(91)84-40-44-88(105(87)103(83)84)110-100(56-96(118(121)124)107(95)113(109)110)132-76-33-25-72(128-10)26-34-76/h13-62H,1-12H3/b21-19-,22-20-,63-19?,64-20?,65-21?,66-22?. The predicted octanol–water partition coefficient (Wildman–Crippen LogP) is 31.3. The molecule has 0 saturated heterocycles. The lowest BCUT2D eigenvalue weighted by Crippen LogP contribution is -2.42. The number of fused-ring (bicyclic) bond motifs is 14. The minimum atomic E-state index is -0.436. The second-order valence-corrected chi connectivity index (χ2v) is 37.1. The van der Waals surface area contributed by atoms with Crippen molar-refractivity contribution >= 4 is 167 Å². The highest BCUT2D eigenvalue weighted by molar-refractivity contribution is 6.48. The Morgan fingerprint density at radius 3 is 0.642 bits per heavy atom. The minimum absolute atomic E-state index is 0.0218. The number of carbonyl (C=O) groups is 4. The second-order valence-electron chi connectivity index (χ2n) is 37.1. The summed E-state index contributed by atoms with van der Waals surface area (Å²) >= 11 is 0. The predicted molar refractivity (Wildman–Crippen MR) is 541 cm³/mol. The topological polar surface area (TPSA) is 149 Å². The molecule has 2 heterocycles. The van der Waals surface area contributed by atoms with Crippen LogP contribution in [0.2, 0.25) is 0 Å². The number of ether oxygens (including phenoxy) is 8. The number of anilines is 2. The van der Waals surface area contributed by atoms with E-state index in [1.165, 1.54) is 9.80 Å². The van der Waals surface area contributed by atoms with Crippen LogP contribution in [0.15, 0.2) is 255 Å². The third-order valence-electron chi connectivity index (χ3n) is 28.5. The monoisotopic (exact) mass is 1750 g/mol. The van der Waals surface area contributed by atoms with Gasteiger partial charge in [0, 0.05) is 43.1 Å². The summed E-state index contributed by atoms with van der Waals surface area (Å²) < 4.78 is 51.4. The van der Waals surface area contributed by atoms with Gasteiger partial charge in [-0.1, -0.05) is 165 Å². The lowest BCUT2D eigenvalue weighted by atomic mass is 9.82. The van der Waals surface area contributed by atoms with Crippen molar-refractivity contribution in [1.82, 2.24) is 0 Å². The fraction of sp³-hybridized carbons (Fsp3) is 0.133. The summed E-state index contributed by atoms with van der Waals surface area (Å²) in [5.74, 6) is 4.74. The van der Waals surface area contributed by atoms with Crippen LogP contribution in [0.5, 0.6) is 69.0 Å². The van der Waals surface area contributed by atoms with Gasteiger partial charge in [0.2, 0.25) is 0 Å². The number of nitrogens with zero attached hydrogens (tertiary/aromatic N) is 2. The number of rotatable bonds is 18. The minimum Gasteiger partial charge on any atom is -0.497 e. The molecule has 14 nitrogen and oxygen atoms in total. The highest BCUT2D eigenvalue weighted by Gasteiger charge is 2.44. The first-order chi connectivity index (χ1) is 65.2. The smallest absolute Gasteiger partial charge is 0.266 e. The van der Waals surface area contributed by atoms with E-state index in [-0.39, 0.29) is 23.7 Å². The molecule has 20 aromatic rings. The normalized spacial score (nSPS) is 13.9. The number of benzene rings is 20. The molecule has 0 spiro atoms. The van der Waals surface area contributed by atoms with E-state index in [0.717, 1.165) is 175 Å². The highest BCUT2D eigenvalue weighted by Crippen LogP contribution is 2.62. The number of imide groups is 2. The number of hydrogen-bond donors (Lipinski definition) is 0. The molecule has 25 rings (SSSR count). The molecule has 3 aliphatic carbocycles. The fourth-order valence-corrected chi connectivity index (χ4v) is 22.3. The molecule has 4 amide bonds. The number of para-hydroxylation sites is 2. The van der Waals surface area contributed by atoms with Crippen molar-refractivity contribution in [3.63, 3.8) is 0 Å². The largest absolute Gasteiger partial charge is 0.497 e. The molecule has 0 N–H and O–H groups in total. The maximum absolute atomic E-state index is 16.1. The summed E-state index contributed by atoms with van der Waals surface area (Å²) in [6.07, 6.45) is 9.01. The van der Waals surface area contributed by atoms with Gasteiger partial charge in [-0.3, -0.25) is 19.2 Å². The first-order valence-electron chi connectivity index (χ1n) is 45.7. The van der Waals surface area contributed by atoms with Crippen molar-refractivity contribution in [1.29, 1.82) is 0 Å². The lowest BCUT2D eigenvalue weighted by molar-refractivity contribution is 0.0877. The second kappa shape index (κ2) is 29.6. The van der Waals surface area contributed by atoms with E-state index >= 15 is 19.2 Å². The Balaban J connectivity index is 0.624. The van der Waals surface area contributed by atoms with Crippen LogP contribution >= 0.6 is 0 Å². The van der Waals surface area contributed by atoms with Gasteiger partial charge in [0.05, 0.1) is 62.1 Å². The van der Waals surface area contributed by atoms with Gasteiger partial charge in [-0.15, -0.1) is 0 Å². The molecule has 0 saturated carbocycles. The molecule has 0 bridgehead atoms. The van der Waals surface area contributed by atoms with Crippen molar-refractivity contribution in [2.24, 2.45) is 0 Å².